The van der Waals surface area contributed by atoms with Gasteiger partial charge in [-0.25, -0.2) is 4.98 Å². The lowest BCUT2D eigenvalue weighted by atomic mass is 9.84. The summed E-state index contributed by atoms with van der Waals surface area (Å²) in [4.78, 5) is 42.5. The van der Waals surface area contributed by atoms with Crippen LogP contribution in [0.1, 0.15) is 63.4 Å². The van der Waals surface area contributed by atoms with Crippen LogP contribution in [-0.4, -0.2) is 38.4 Å². The van der Waals surface area contributed by atoms with Gasteiger partial charge in [0, 0.05) is 34.4 Å². The maximum absolute atomic E-state index is 12.8. The largest absolute Gasteiger partial charge is 0.325 e. The first-order chi connectivity index (χ1) is 15.6. The summed E-state index contributed by atoms with van der Waals surface area (Å²) >= 11 is 1.26. The van der Waals surface area contributed by atoms with Gasteiger partial charge in [0.15, 0.2) is 11.6 Å². The lowest BCUT2D eigenvalue weighted by molar-refractivity contribution is -0.113. The molecule has 2 N–H and O–H groups in total. The standard InChI is InChI=1S/C24H22N4O3S/c29-21(13-32-24-26-20(27-28-24)11-14-5-1-2-6-14)25-15-9-10-18-19(12-15)23(31)17-8-4-3-7-16(17)22(18)30/h3-4,7-10,12,14H,1-2,5-6,11,13H2,(H,25,29)(H,26,27,28). The Balaban J connectivity index is 1.21. The highest BCUT2D eigenvalue weighted by atomic mass is 32.2. The molecule has 0 spiro atoms. The zero-order valence-electron chi connectivity index (χ0n) is 17.4. The topological polar surface area (TPSA) is 105 Å². The van der Waals surface area contributed by atoms with Crippen LogP contribution < -0.4 is 5.32 Å². The van der Waals surface area contributed by atoms with Crippen LogP contribution in [0.5, 0.6) is 0 Å². The van der Waals surface area contributed by atoms with Crippen LogP contribution in [0.15, 0.2) is 47.6 Å². The number of nitrogens with zero attached hydrogens (tertiary/aromatic N) is 2. The number of carbonyl (C=O) groups is 3. The number of ketones is 2. The number of H-pyrrole nitrogens is 1. The molecule has 0 unspecified atom stereocenters. The molecule has 2 aliphatic rings. The number of rotatable bonds is 6. The molecule has 1 fully saturated rings. The average Bonchev–Trinajstić information content (AvgIpc) is 3.48. The van der Waals surface area contributed by atoms with E-state index in [4.69, 9.17) is 0 Å². The second-order valence-corrected chi connectivity index (χ2v) is 9.16. The van der Waals surface area contributed by atoms with Gasteiger partial charge in [0.25, 0.3) is 0 Å². The van der Waals surface area contributed by atoms with Gasteiger partial charge < -0.3 is 5.32 Å². The first-order valence-corrected chi connectivity index (χ1v) is 11.7. The van der Waals surface area contributed by atoms with E-state index in [1.54, 1.807) is 42.5 Å². The highest BCUT2D eigenvalue weighted by Gasteiger charge is 2.29. The zero-order valence-corrected chi connectivity index (χ0v) is 18.2. The predicted molar refractivity (Wildman–Crippen MR) is 121 cm³/mol. The molecule has 2 aromatic carbocycles. The molecule has 3 aromatic rings. The predicted octanol–water partition coefficient (Wildman–Crippen LogP) is 4.04. The Bertz CT molecular complexity index is 1210. The van der Waals surface area contributed by atoms with E-state index >= 15 is 0 Å². The Labute approximate surface area is 189 Å². The van der Waals surface area contributed by atoms with Crippen molar-refractivity contribution in [2.45, 2.75) is 37.3 Å². The fourth-order valence-electron chi connectivity index (χ4n) is 4.43. The normalized spacial score (nSPS) is 15.5. The van der Waals surface area contributed by atoms with Gasteiger partial charge in [-0.1, -0.05) is 61.7 Å². The fraction of sp³-hybridized carbons (Fsp3) is 0.292. The molecule has 162 valence electrons. The van der Waals surface area contributed by atoms with Crippen molar-refractivity contribution in [3.8, 4) is 0 Å². The second kappa shape index (κ2) is 8.70. The van der Waals surface area contributed by atoms with Gasteiger partial charge in [0.1, 0.15) is 5.82 Å². The van der Waals surface area contributed by atoms with Crippen LogP contribution in [0, 0.1) is 5.92 Å². The molecule has 1 aromatic heterocycles. The van der Waals surface area contributed by atoms with E-state index in [9.17, 15) is 14.4 Å². The molecule has 32 heavy (non-hydrogen) atoms. The Kier molecular flexibility index (Phi) is 5.61. The lowest BCUT2D eigenvalue weighted by Crippen LogP contribution is -2.21. The van der Waals surface area contributed by atoms with Crippen LogP contribution in [0.25, 0.3) is 0 Å². The summed E-state index contributed by atoms with van der Waals surface area (Å²) in [5.41, 5.74) is 1.95. The minimum absolute atomic E-state index is 0.146. The summed E-state index contributed by atoms with van der Waals surface area (Å²) in [7, 11) is 0. The number of aromatic amines is 1. The summed E-state index contributed by atoms with van der Waals surface area (Å²) < 4.78 is 0. The Morgan fingerprint density at radius 2 is 1.69 bits per heavy atom. The number of benzene rings is 2. The van der Waals surface area contributed by atoms with Gasteiger partial charge >= 0.3 is 0 Å². The van der Waals surface area contributed by atoms with Crippen molar-refractivity contribution < 1.29 is 14.4 Å². The summed E-state index contributed by atoms with van der Waals surface area (Å²) in [6.07, 6.45) is 5.97. The van der Waals surface area contributed by atoms with Crippen LogP contribution in [0.4, 0.5) is 5.69 Å². The molecule has 8 heteroatoms. The van der Waals surface area contributed by atoms with E-state index in [1.807, 2.05) is 0 Å². The van der Waals surface area contributed by atoms with Gasteiger partial charge in [0.05, 0.1) is 5.75 Å². The first kappa shape index (κ1) is 20.6. The number of aromatic nitrogens is 3. The van der Waals surface area contributed by atoms with Crippen LogP contribution in [0.2, 0.25) is 0 Å². The Hall–Kier alpha value is -3.26. The maximum Gasteiger partial charge on any atom is 0.234 e. The molecule has 0 radical (unpaired) electrons. The van der Waals surface area contributed by atoms with Crippen molar-refractivity contribution in [1.82, 2.24) is 15.2 Å². The summed E-state index contributed by atoms with van der Waals surface area (Å²) in [6, 6.07) is 11.6. The van der Waals surface area contributed by atoms with Gasteiger partial charge in [-0.2, -0.15) is 0 Å². The van der Waals surface area contributed by atoms with Crippen molar-refractivity contribution in [2.75, 3.05) is 11.1 Å². The Morgan fingerprint density at radius 1 is 1.00 bits per heavy atom. The average molecular weight is 447 g/mol. The highest BCUT2D eigenvalue weighted by molar-refractivity contribution is 7.99. The molecule has 0 aliphatic heterocycles. The van der Waals surface area contributed by atoms with Gasteiger partial charge in [-0.3, -0.25) is 19.5 Å². The van der Waals surface area contributed by atoms with E-state index in [2.05, 4.69) is 20.5 Å². The number of nitrogens with one attached hydrogen (secondary N) is 2. The fourth-order valence-corrected chi connectivity index (χ4v) is 5.04. The highest BCUT2D eigenvalue weighted by Crippen LogP contribution is 2.30. The number of fused-ring (bicyclic) bond motifs is 2. The number of thioether (sulfide) groups is 1. The van der Waals surface area contributed by atoms with Gasteiger partial charge in [0.2, 0.25) is 11.1 Å². The van der Waals surface area contributed by atoms with Crippen molar-refractivity contribution >= 4 is 34.9 Å². The van der Waals surface area contributed by atoms with E-state index in [0.29, 0.717) is 39.0 Å². The number of hydrogen-bond acceptors (Lipinski definition) is 6. The zero-order chi connectivity index (χ0) is 22.1. The van der Waals surface area contributed by atoms with Crippen LogP contribution >= 0.6 is 11.8 Å². The maximum atomic E-state index is 12.8. The molecule has 1 amide bonds. The summed E-state index contributed by atoms with van der Waals surface area (Å²) in [6.45, 7) is 0. The molecule has 1 heterocycles. The molecular formula is C24H22N4O3S. The minimum atomic E-state index is -0.230. The van der Waals surface area contributed by atoms with E-state index in [0.717, 1.165) is 12.2 Å². The molecule has 0 atom stereocenters. The molecular weight excluding hydrogens is 424 g/mol. The lowest BCUT2D eigenvalue weighted by Gasteiger charge is -2.18. The van der Waals surface area contributed by atoms with Crippen molar-refractivity contribution in [2.24, 2.45) is 5.92 Å². The molecule has 5 rings (SSSR count). The summed E-state index contributed by atoms with van der Waals surface area (Å²) in [5.74, 6) is 1.07. The molecule has 0 saturated heterocycles. The minimum Gasteiger partial charge on any atom is -0.325 e. The van der Waals surface area contributed by atoms with Crippen molar-refractivity contribution in [1.29, 1.82) is 0 Å². The number of amides is 1. The molecule has 2 aliphatic carbocycles. The number of anilines is 1. The van der Waals surface area contributed by atoms with Gasteiger partial charge in [-0.05, 0) is 24.1 Å². The second-order valence-electron chi connectivity index (χ2n) is 8.22. The summed E-state index contributed by atoms with van der Waals surface area (Å²) in [5, 5.41) is 10.5. The van der Waals surface area contributed by atoms with Crippen molar-refractivity contribution in [3.63, 3.8) is 0 Å². The number of carbonyl (C=O) groups excluding carboxylic acids is 3. The van der Waals surface area contributed by atoms with E-state index in [-0.39, 0.29) is 23.2 Å². The Morgan fingerprint density at radius 3 is 2.44 bits per heavy atom. The molecule has 1 saturated carbocycles. The van der Waals surface area contributed by atoms with Crippen LogP contribution in [0.3, 0.4) is 0 Å². The van der Waals surface area contributed by atoms with E-state index < -0.39 is 0 Å². The SMILES string of the molecule is O=C(CSc1n[nH]c(CC2CCCC2)n1)Nc1ccc2c(c1)C(=O)c1ccccc1C2=O. The van der Waals surface area contributed by atoms with Crippen LogP contribution in [-0.2, 0) is 11.2 Å². The molecule has 7 nitrogen and oxygen atoms in total. The quantitative estimate of drug-likeness (QED) is 0.433. The third-order valence-corrected chi connectivity index (χ3v) is 6.86. The smallest absolute Gasteiger partial charge is 0.234 e. The number of hydrogen-bond donors (Lipinski definition) is 2. The monoisotopic (exact) mass is 446 g/mol. The van der Waals surface area contributed by atoms with Gasteiger partial charge in [-0.15, -0.1) is 5.10 Å². The third-order valence-electron chi connectivity index (χ3n) is 6.01. The van der Waals surface area contributed by atoms with E-state index in [1.165, 1.54) is 37.4 Å². The molecule has 0 bridgehead atoms. The third kappa shape index (κ3) is 4.10. The van der Waals surface area contributed by atoms with Crippen molar-refractivity contribution in [3.05, 3.63) is 70.5 Å². The first-order valence-electron chi connectivity index (χ1n) is 10.7.